The van der Waals surface area contributed by atoms with Crippen LogP contribution in [0.3, 0.4) is 0 Å². The van der Waals surface area contributed by atoms with Gasteiger partial charge in [-0.05, 0) is 35.9 Å². The van der Waals surface area contributed by atoms with Crippen LogP contribution >= 0.6 is 0 Å². The topological polar surface area (TPSA) is 73.1 Å². The van der Waals surface area contributed by atoms with Gasteiger partial charge in [0.15, 0.2) is 0 Å². The molecule has 0 unspecified atom stereocenters. The second kappa shape index (κ2) is 6.21. The van der Waals surface area contributed by atoms with E-state index in [1.165, 1.54) is 18.2 Å². The third-order valence-electron chi connectivity index (χ3n) is 2.58. The van der Waals surface area contributed by atoms with Crippen molar-refractivity contribution in [1.82, 2.24) is 0 Å². The summed E-state index contributed by atoms with van der Waals surface area (Å²) in [6.45, 7) is 0. The molecule has 2 aromatic rings. The largest absolute Gasteiger partial charge is 0.508 e. The molecule has 1 amide bonds. The van der Waals surface area contributed by atoms with Gasteiger partial charge in [0.05, 0.1) is 0 Å². The third-order valence-corrected chi connectivity index (χ3v) is 2.58. The molecule has 0 aliphatic heterocycles. The van der Waals surface area contributed by atoms with Crippen molar-refractivity contribution in [3.8, 4) is 11.8 Å². The minimum absolute atomic E-state index is 0.0283. The molecule has 2 N–H and O–H groups in total. The first kappa shape index (κ1) is 13.4. The van der Waals surface area contributed by atoms with Crippen molar-refractivity contribution in [2.45, 2.75) is 0 Å². The maximum Gasteiger partial charge on any atom is 0.266 e. The molecule has 0 aromatic heterocycles. The Morgan fingerprint density at radius 1 is 1.15 bits per heavy atom. The van der Waals surface area contributed by atoms with Gasteiger partial charge in [-0.2, -0.15) is 5.26 Å². The number of carbonyl (C=O) groups excluding carboxylic acids is 1. The number of rotatable bonds is 3. The van der Waals surface area contributed by atoms with Gasteiger partial charge >= 0.3 is 0 Å². The number of anilines is 1. The number of nitrogens with one attached hydrogen (secondary N) is 1. The minimum Gasteiger partial charge on any atom is -0.508 e. The average Bonchev–Trinajstić information content (AvgIpc) is 2.46. The Bertz CT molecular complexity index is 685. The summed E-state index contributed by atoms with van der Waals surface area (Å²) in [5, 5.41) is 21.1. The fraction of sp³-hybridized carbons (Fsp3) is 0. The van der Waals surface area contributed by atoms with Crippen molar-refractivity contribution < 1.29 is 9.90 Å². The van der Waals surface area contributed by atoms with Crippen LogP contribution in [0.1, 0.15) is 5.56 Å². The summed E-state index contributed by atoms with van der Waals surface area (Å²) < 4.78 is 0. The number of phenols is 1. The van der Waals surface area contributed by atoms with Gasteiger partial charge in [0.25, 0.3) is 5.91 Å². The zero-order valence-electron chi connectivity index (χ0n) is 10.6. The lowest BCUT2D eigenvalue weighted by Crippen LogP contribution is -2.13. The molecule has 0 fully saturated rings. The van der Waals surface area contributed by atoms with Gasteiger partial charge in [0, 0.05) is 5.69 Å². The van der Waals surface area contributed by atoms with Crippen LogP contribution in [-0.4, -0.2) is 11.0 Å². The molecule has 0 bridgehead atoms. The number of carbonyl (C=O) groups is 1. The van der Waals surface area contributed by atoms with E-state index < -0.39 is 5.91 Å². The fourth-order valence-electron chi connectivity index (χ4n) is 1.65. The molecule has 0 saturated heterocycles. The van der Waals surface area contributed by atoms with Crippen molar-refractivity contribution in [2.24, 2.45) is 0 Å². The highest BCUT2D eigenvalue weighted by Gasteiger charge is 2.09. The first-order valence-corrected chi connectivity index (χ1v) is 5.96. The zero-order chi connectivity index (χ0) is 14.4. The number of nitrogens with zero attached hydrogens (tertiary/aromatic N) is 1. The summed E-state index contributed by atoms with van der Waals surface area (Å²) in [4.78, 5) is 12.0. The van der Waals surface area contributed by atoms with E-state index in [0.29, 0.717) is 11.3 Å². The molecular weight excluding hydrogens is 252 g/mol. The number of aromatic hydroxyl groups is 1. The summed E-state index contributed by atoms with van der Waals surface area (Å²) in [7, 11) is 0. The Hall–Kier alpha value is -3.06. The monoisotopic (exact) mass is 264 g/mol. The van der Waals surface area contributed by atoms with Crippen molar-refractivity contribution >= 4 is 17.7 Å². The normalized spacial score (nSPS) is 10.7. The molecule has 98 valence electrons. The average molecular weight is 264 g/mol. The Morgan fingerprint density at radius 2 is 1.90 bits per heavy atom. The van der Waals surface area contributed by atoms with Crippen molar-refractivity contribution in [3.63, 3.8) is 0 Å². The van der Waals surface area contributed by atoms with Gasteiger partial charge in [-0.25, -0.2) is 0 Å². The number of hydrogen-bond acceptors (Lipinski definition) is 3. The number of phenolic OH excluding ortho intramolecular Hbond substituents is 1. The summed E-state index contributed by atoms with van der Waals surface area (Å²) >= 11 is 0. The van der Waals surface area contributed by atoms with Gasteiger partial charge in [0.2, 0.25) is 0 Å². The maximum atomic E-state index is 12.0. The van der Waals surface area contributed by atoms with Crippen molar-refractivity contribution in [2.75, 3.05) is 5.32 Å². The van der Waals surface area contributed by atoms with E-state index in [2.05, 4.69) is 5.32 Å². The quantitative estimate of drug-likeness (QED) is 0.661. The highest BCUT2D eigenvalue weighted by atomic mass is 16.3. The molecule has 0 heterocycles. The molecule has 2 rings (SSSR count). The molecule has 4 nitrogen and oxygen atoms in total. The number of amides is 1. The number of hydrogen-bond donors (Lipinski definition) is 2. The molecule has 0 aliphatic rings. The Kier molecular flexibility index (Phi) is 4.15. The van der Waals surface area contributed by atoms with E-state index in [-0.39, 0.29) is 11.3 Å². The SMILES string of the molecule is N#C/C(=C\c1cccc(O)c1)C(=O)Nc1ccccc1. The highest BCUT2D eigenvalue weighted by molar-refractivity contribution is 6.09. The smallest absolute Gasteiger partial charge is 0.266 e. The molecule has 0 aliphatic carbocycles. The van der Waals surface area contributed by atoms with Gasteiger partial charge in [0.1, 0.15) is 17.4 Å². The standard InChI is InChI=1S/C16H12N2O2/c17-11-13(9-12-5-4-8-15(19)10-12)16(20)18-14-6-2-1-3-7-14/h1-10,19H,(H,18,20)/b13-9+. The second-order valence-electron chi connectivity index (χ2n) is 4.08. The summed E-state index contributed by atoms with van der Waals surface area (Å²) in [6, 6.07) is 17.1. The van der Waals surface area contributed by atoms with Crippen molar-refractivity contribution in [1.29, 1.82) is 5.26 Å². The molecule has 4 heteroatoms. The van der Waals surface area contributed by atoms with Crippen LogP contribution in [0.2, 0.25) is 0 Å². The Morgan fingerprint density at radius 3 is 2.55 bits per heavy atom. The van der Waals surface area contributed by atoms with E-state index >= 15 is 0 Å². The molecule has 2 aromatic carbocycles. The van der Waals surface area contributed by atoms with Crippen LogP contribution in [0.5, 0.6) is 5.75 Å². The minimum atomic E-state index is -0.484. The zero-order valence-corrected chi connectivity index (χ0v) is 10.6. The van der Waals surface area contributed by atoms with E-state index in [1.54, 1.807) is 36.4 Å². The second-order valence-corrected chi connectivity index (χ2v) is 4.08. The molecule has 0 saturated carbocycles. The fourth-order valence-corrected chi connectivity index (χ4v) is 1.65. The predicted molar refractivity (Wildman–Crippen MR) is 76.8 cm³/mol. The Labute approximate surface area is 116 Å². The van der Waals surface area contributed by atoms with E-state index in [4.69, 9.17) is 5.26 Å². The van der Waals surface area contributed by atoms with Gasteiger partial charge in [-0.3, -0.25) is 4.79 Å². The Balaban J connectivity index is 2.20. The van der Waals surface area contributed by atoms with Crippen LogP contribution in [0.25, 0.3) is 6.08 Å². The first-order valence-electron chi connectivity index (χ1n) is 5.96. The van der Waals surface area contributed by atoms with Crippen molar-refractivity contribution in [3.05, 3.63) is 65.7 Å². The summed E-state index contributed by atoms with van der Waals surface area (Å²) in [5.41, 5.74) is 1.18. The number of para-hydroxylation sites is 1. The number of benzene rings is 2. The lowest BCUT2D eigenvalue weighted by Gasteiger charge is -2.03. The molecule has 0 radical (unpaired) electrons. The highest BCUT2D eigenvalue weighted by Crippen LogP contribution is 2.15. The lowest BCUT2D eigenvalue weighted by molar-refractivity contribution is -0.112. The number of nitriles is 1. The van der Waals surface area contributed by atoms with E-state index in [9.17, 15) is 9.90 Å². The molecular formula is C16H12N2O2. The van der Waals surface area contributed by atoms with Crippen LogP contribution in [0, 0.1) is 11.3 Å². The van der Waals surface area contributed by atoms with Gasteiger partial charge in [-0.1, -0.05) is 30.3 Å². The molecule has 0 spiro atoms. The third kappa shape index (κ3) is 3.47. The molecule has 20 heavy (non-hydrogen) atoms. The van der Waals surface area contributed by atoms with E-state index in [1.807, 2.05) is 12.1 Å². The molecule has 0 atom stereocenters. The summed E-state index contributed by atoms with van der Waals surface area (Å²) in [6.07, 6.45) is 1.43. The van der Waals surface area contributed by atoms with Crippen LogP contribution in [0.4, 0.5) is 5.69 Å². The van der Waals surface area contributed by atoms with E-state index in [0.717, 1.165) is 0 Å². The lowest BCUT2D eigenvalue weighted by atomic mass is 10.1. The van der Waals surface area contributed by atoms with Crippen LogP contribution in [0.15, 0.2) is 60.2 Å². The van der Waals surface area contributed by atoms with Gasteiger partial charge < -0.3 is 10.4 Å². The summed E-state index contributed by atoms with van der Waals surface area (Å²) in [5.74, 6) is -0.401. The van der Waals surface area contributed by atoms with Crippen LogP contribution in [-0.2, 0) is 4.79 Å². The van der Waals surface area contributed by atoms with Crippen LogP contribution < -0.4 is 5.32 Å². The maximum absolute atomic E-state index is 12.0. The predicted octanol–water partition coefficient (Wildman–Crippen LogP) is 2.94. The van der Waals surface area contributed by atoms with Gasteiger partial charge in [-0.15, -0.1) is 0 Å². The first-order chi connectivity index (χ1) is 9.69.